The third-order valence-corrected chi connectivity index (χ3v) is 5.70. The van der Waals surface area contributed by atoms with Gasteiger partial charge in [0.15, 0.2) is 0 Å². The van der Waals surface area contributed by atoms with E-state index in [-0.39, 0.29) is 16.3 Å². The summed E-state index contributed by atoms with van der Waals surface area (Å²) < 4.78 is 13.1. The summed E-state index contributed by atoms with van der Waals surface area (Å²) in [5.74, 6) is -3.50. The Hall–Kier alpha value is -2.03. The molecule has 27 heavy (non-hydrogen) atoms. The van der Waals surface area contributed by atoms with Gasteiger partial charge >= 0.3 is 19.4 Å². The van der Waals surface area contributed by atoms with Crippen LogP contribution in [0.1, 0.15) is 29.9 Å². The lowest BCUT2D eigenvalue weighted by Crippen LogP contribution is -2.40. The van der Waals surface area contributed by atoms with Gasteiger partial charge in [0.2, 0.25) is 0 Å². The Labute approximate surface area is 162 Å². The van der Waals surface area contributed by atoms with E-state index in [9.17, 15) is 23.9 Å². The number of hydrogen-bond acceptors (Lipinski definition) is 4. The molecule has 3 rings (SSSR count). The van der Waals surface area contributed by atoms with Gasteiger partial charge in [-0.3, -0.25) is 19.5 Å². The van der Waals surface area contributed by atoms with Crippen molar-refractivity contribution < 1.29 is 23.9 Å². The lowest BCUT2D eigenvalue weighted by atomic mass is 10.1. The zero-order valence-electron chi connectivity index (χ0n) is 14.0. The van der Waals surface area contributed by atoms with E-state index in [1.807, 2.05) is 24.3 Å². The lowest BCUT2D eigenvalue weighted by Gasteiger charge is -2.25. The zero-order valence-corrected chi connectivity index (χ0v) is 16.5. The van der Waals surface area contributed by atoms with Gasteiger partial charge in [-0.25, -0.2) is 9.98 Å². The minimum atomic E-state index is -4.68. The smallest absolute Gasteiger partial charge is 0.323 e. The van der Waals surface area contributed by atoms with Crippen LogP contribution in [-0.2, 0) is 14.2 Å². The maximum atomic E-state index is 12.2. The predicted octanol–water partition coefficient (Wildman–Crippen LogP) is 1.28. The van der Waals surface area contributed by atoms with Gasteiger partial charge in [-0.15, -0.1) is 0 Å². The molecule has 0 saturated carbocycles. The molecule has 2 atom stereocenters. The summed E-state index contributed by atoms with van der Waals surface area (Å²) >= 11 is 3.34. The number of amides is 2. The van der Waals surface area contributed by atoms with Crippen molar-refractivity contribution in [3.8, 4) is 0 Å². The summed E-state index contributed by atoms with van der Waals surface area (Å²) in [5, 5.41) is 3.01. The molecule has 0 aromatic heterocycles. The van der Waals surface area contributed by atoms with Crippen LogP contribution in [0.15, 0.2) is 56.9 Å². The first-order valence-electron chi connectivity index (χ1n) is 7.88. The van der Waals surface area contributed by atoms with Crippen molar-refractivity contribution in [1.29, 1.82) is 0 Å². The molecule has 140 valence electrons. The largest absolute Gasteiger partial charge is 0.346 e. The molecule has 3 N–H and O–H groups in total. The van der Waals surface area contributed by atoms with Gasteiger partial charge in [-0.1, -0.05) is 40.2 Å². The number of benzene rings is 2. The van der Waals surface area contributed by atoms with Crippen LogP contribution in [0.25, 0.3) is 0 Å². The molecule has 1 heterocycles. The van der Waals surface area contributed by atoms with E-state index in [1.54, 1.807) is 6.92 Å². The van der Waals surface area contributed by atoms with Crippen molar-refractivity contribution in [3.63, 3.8) is 0 Å². The minimum Gasteiger partial charge on any atom is -0.323 e. The zero-order chi connectivity index (χ0) is 19.8. The number of nitrogens with one attached hydrogen (secondary N) is 1. The third-order valence-electron chi connectivity index (χ3n) is 4.07. The molecular formula is C17H15BrN3O5P. The van der Waals surface area contributed by atoms with Gasteiger partial charge in [0.25, 0.3) is 0 Å². The molecule has 2 aromatic carbocycles. The number of fused-ring (bicyclic) bond motifs is 1. The summed E-state index contributed by atoms with van der Waals surface area (Å²) in [6.07, 6.45) is 0. The molecule has 2 unspecified atom stereocenters. The van der Waals surface area contributed by atoms with E-state index >= 15 is 0 Å². The van der Waals surface area contributed by atoms with E-state index in [2.05, 4.69) is 31.2 Å². The first-order chi connectivity index (χ1) is 12.7. The van der Waals surface area contributed by atoms with Crippen LogP contribution >= 0.6 is 23.5 Å². The lowest BCUT2D eigenvalue weighted by molar-refractivity contribution is -0.135. The molecule has 1 aliphatic rings. The van der Waals surface area contributed by atoms with E-state index in [4.69, 9.17) is 0 Å². The van der Waals surface area contributed by atoms with Gasteiger partial charge in [-0.05, 0) is 30.7 Å². The van der Waals surface area contributed by atoms with Crippen molar-refractivity contribution in [2.75, 3.05) is 0 Å². The van der Waals surface area contributed by atoms with Gasteiger partial charge in [0.1, 0.15) is 5.78 Å². The van der Waals surface area contributed by atoms with Gasteiger partial charge in [-0.2, -0.15) is 0 Å². The average Bonchev–Trinajstić information content (AvgIpc) is 2.60. The highest BCUT2D eigenvalue weighted by Crippen LogP contribution is 2.50. The van der Waals surface area contributed by atoms with Crippen molar-refractivity contribution in [1.82, 2.24) is 5.32 Å². The number of hydrogen-bond donors (Lipinski definition) is 3. The average molecular weight is 452 g/mol. The maximum Gasteiger partial charge on any atom is 0.346 e. The van der Waals surface area contributed by atoms with Gasteiger partial charge in [0, 0.05) is 16.1 Å². The quantitative estimate of drug-likeness (QED) is 0.463. The van der Waals surface area contributed by atoms with Crippen LogP contribution in [0.2, 0.25) is 0 Å². The van der Waals surface area contributed by atoms with Crippen molar-refractivity contribution >= 4 is 35.3 Å². The normalized spacial score (nSPS) is 16.1. The number of rotatable bonds is 5. The van der Waals surface area contributed by atoms with Crippen LogP contribution in [-0.4, -0.2) is 21.6 Å². The Bertz CT molecular complexity index is 1080. The van der Waals surface area contributed by atoms with Crippen LogP contribution in [0.3, 0.4) is 0 Å². The standard InChI is InChI=1S/C17H15BrN3O5P/c1-9(10-5-7-11(18)8-6-10)19-17(27(24,25)26)12-3-2-4-13-14(12)21-16(23)15(22)20-13/h2-9,17,19H,1H3,(H2,24,25,26). The Morgan fingerprint density at radius 3 is 2.30 bits per heavy atom. The maximum absolute atomic E-state index is 12.2. The molecule has 0 saturated heterocycles. The van der Waals surface area contributed by atoms with Crippen molar-refractivity contribution in [3.05, 3.63) is 68.8 Å². The number of para-hydroxylation sites is 1. The first kappa shape index (κ1) is 19.7. The summed E-state index contributed by atoms with van der Waals surface area (Å²) in [7, 11) is -4.68. The summed E-state index contributed by atoms with van der Waals surface area (Å²) in [6.45, 7) is 1.76. The number of carbonyl (C=O) groups excluding carboxylic acids is 2. The van der Waals surface area contributed by atoms with E-state index in [0.717, 1.165) is 10.0 Å². The predicted molar refractivity (Wildman–Crippen MR) is 99.2 cm³/mol. The second-order valence-electron chi connectivity index (χ2n) is 5.98. The molecule has 0 fully saturated rings. The molecule has 0 aliphatic carbocycles. The molecular weight excluding hydrogens is 437 g/mol. The van der Waals surface area contributed by atoms with Crippen molar-refractivity contribution in [2.24, 2.45) is 9.98 Å². The topological polar surface area (TPSA) is 128 Å². The Morgan fingerprint density at radius 2 is 1.67 bits per heavy atom. The summed E-state index contributed by atoms with van der Waals surface area (Å²) in [5.41, 5.74) is 0.920. The van der Waals surface area contributed by atoms with Crippen molar-refractivity contribution in [2.45, 2.75) is 18.7 Å². The Morgan fingerprint density at radius 1 is 1.04 bits per heavy atom. The van der Waals surface area contributed by atoms with Crippen LogP contribution in [0.5, 0.6) is 0 Å². The number of carbonyl (C=O) groups is 2. The Kier molecular flexibility index (Phi) is 5.50. The highest BCUT2D eigenvalue weighted by molar-refractivity contribution is 9.10. The van der Waals surface area contributed by atoms with E-state index < -0.39 is 31.2 Å². The van der Waals surface area contributed by atoms with Crippen LogP contribution < -0.4 is 16.0 Å². The SMILES string of the molecule is CC(NC(c1cccc2c1=NC(=O)C(=O)N=2)P(=O)(O)O)c1ccc(Br)cc1. The highest BCUT2D eigenvalue weighted by Gasteiger charge is 2.34. The summed E-state index contributed by atoms with van der Waals surface area (Å²) in [4.78, 5) is 50.2. The minimum absolute atomic E-state index is 0.00840. The molecule has 0 radical (unpaired) electrons. The van der Waals surface area contributed by atoms with Crippen LogP contribution in [0.4, 0.5) is 0 Å². The summed E-state index contributed by atoms with van der Waals surface area (Å²) in [6, 6.07) is 11.3. The van der Waals surface area contributed by atoms with Gasteiger partial charge < -0.3 is 9.79 Å². The highest BCUT2D eigenvalue weighted by atomic mass is 79.9. The van der Waals surface area contributed by atoms with E-state index in [1.165, 1.54) is 18.2 Å². The molecule has 10 heteroatoms. The molecule has 8 nitrogen and oxygen atoms in total. The van der Waals surface area contributed by atoms with Crippen LogP contribution in [0, 0.1) is 0 Å². The fourth-order valence-corrected chi connectivity index (χ4v) is 3.99. The number of halogens is 1. The Balaban J connectivity index is 2.07. The first-order valence-corrected chi connectivity index (χ1v) is 10.4. The molecule has 1 aliphatic heterocycles. The second-order valence-corrected chi connectivity index (χ2v) is 8.59. The monoisotopic (exact) mass is 451 g/mol. The molecule has 2 aromatic rings. The fraction of sp³-hybridized carbons (Fsp3) is 0.176. The third kappa shape index (κ3) is 4.28. The van der Waals surface area contributed by atoms with E-state index in [0.29, 0.717) is 0 Å². The number of nitrogens with zero attached hydrogens (tertiary/aromatic N) is 2. The van der Waals surface area contributed by atoms with Gasteiger partial charge in [0.05, 0.1) is 10.7 Å². The second kappa shape index (κ2) is 7.53. The molecule has 2 amide bonds. The molecule has 0 bridgehead atoms. The fourth-order valence-electron chi connectivity index (χ4n) is 2.74. The molecule has 0 spiro atoms.